The number of carbonyl (C=O) groups is 1. The van der Waals surface area contributed by atoms with Crippen molar-refractivity contribution in [3.8, 4) is 23.0 Å². The zero-order valence-corrected chi connectivity index (χ0v) is 12.9. The molecule has 0 saturated heterocycles. The fourth-order valence-corrected chi connectivity index (χ4v) is 2.03. The molecule has 0 heterocycles. The standard InChI is InChI=1S/C17H18O6/c1-20-13-7-3-4-8-14(13)22-10-11-23-16-12(17(18)19)6-5-9-15(16)21-2/h3-9H,10-11H2,1-2H3,(H,18,19). The lowest BCUT2D eigenvalue weighted by molar-refractivity contribution is 0.0690. The number of aromatic carboxylic acids is 1. The zero-order chi connectivity index (χ0) is 16.7. The van der Waals surface area contributed by atoms with E-state index < -0.39 is 5.97 Å². The molecule has 0 saturated carbocycles. The second-order valence-electron chi connectivity index (χ2n) is 4.49. The van der Waals surface area contributed by atoms with Crippen LogP contribution in [0.15, 0.2) is 42.5 Å². The maximum Gasteiger partial charge on any atom is 0.339 e. The molecular formula is C17H18O6. The molecular weight excluding hydrogens is 300 g/mol. The van der Waals surface area contributed by atoms with E-state index in [0.717, 1.165) is 0 Å². The van der Waals surface area contributed by atoms with E-state index in [9.17, 15) is 9.90 Å². The van der Waals surface area contributed by atoms with Crippen LogP contribution in [0, 0.1) is 0 Å². The van der Waals surface area contributed by atoms with Crippen LogP contribution in [0.1, 0.15) is 10.4 Å². The molecule has 122 valence electrons. The van der Waals surface area contributed by atoms with E-state index in [4.69, 9.17) is 18.9 Å². The summed E-state index contributed by atoms with van der Waals surface area (Å²) in [6.45, 7) is 0.399. The average Bonchev–Trinajstić information content (AvgIpc) is 2.58. The van der Waals surface area contributed by atoms with Crippen LogP contribution in [-0.2, 0) is 0 Å². The van der Waals surface area contributed by atoms with Gasteiger partial charge in [-0.3, -0.25) is 0 Å². The van der Waals surface area contributed by atoms with E-state index >= 15 is 0 Å². The molecule has 0 aliphatic rings. The van der Waals surface area contributed by atoms with Crippen LogP contribution in [0.4, 0.5) is 0 Å². The molecule has 0 bridgehead atoms. The predicted molar refractivity (Wildman–Crippen MR) is 83.9 cm³/mol. The summed E-state index contributed by atoms with van der Waals surface area (Å²) in [6.07, 6.45) is 0. The first-order valence-electron chi connectivity index (χ1n) is 6.96. The summed E-state index contributed by atoms with van der Waals surface area (Å²) in [6, 6.07) is 12.0. The summed E-state index contributed by atoms with van der Waals surface area (Å²) in [7, 11) is 3.02. The minimum absolute atomic E-state index is 0.0432. The fraction of sp³-hybridized carbons (Fsp3) is 0.235. The monoisotopic (exact) mass is 318 g/mol. The highest BCUT2D eigenvalue weighted by Crippen LogP contribution is 2.31. The Morgan fingerprint density at radius 3 is 2.13 bits per heavy atom. The molecule has 0 unspecified atom stereocenters. The molecule has 2 aromatic rings. The summed E-state index contributed by atoms with van der Waals surface area (Å²) >= 11 is 0. The highest BCUT2D eigenvalue weighted by molar-refractivity contribution is 5.92. The van der Waals surface area contributed by atoms with Crippen molar-refractivity contribution in [1.29, 1.82) is 0 Å². The highest BCUT2D eigenvalue weighted by atomic mass is 16.5. The van der Waals surface area contributed by atoms with E-state index in [2.05, 4.69) is 0 Å². The Hall–Kier alpha value is -2.89. The maximum atomic E-state index is 11.2. The second kappa shape index (κ2) is 7.93. The molecule has 0 aliphatic carbocycles. The minimum Gasteiger partial charge on any atom is -0.493 e. The summed E-state index contributed by atoms with van der Waals surface area (Å²) in [5.41, 5.74) is 0.0432. The van der Waals surface area contributed by atoms with Crippen LogP contribution < -0.4 is 18.9 Å². The quantitative estimate of drug-likeness (QED) is 0.754. The van der Waals surface area contributed by atoms with Gasteiger partial charge in [-0.25, -0.2) is 4.79 Å². The lowest BCUT2D eigenvalue weighted by Gasteiger charge is -2.14. The van der Waals surface area contributed by atoms with Gasteiger partial charge in [0.15, 0.2) is 23.0 Å². The smallest absolute Gasteiger partial charge is 0.339 e. The van der Waals surface area contributed by atoms with E-state index in [0.29, 0.717) is 17.2 Å². The van der Waals surface area contributed by atoms with Crippen LogP contribution in [0.25, 0.3) is 0 Å². The van der Waals surface area contributed by atoms with E-state index in [-0.39, 0.29) is 24.5 Å². The van der Waals surface area contributed by atoms with Gasteiger partial charge in [0.05, 0.1) is 14.2 Å². The molecule has 0 radical (unpaired) electrons. The van der Waals surface area contributed by atoms with Gasteiger partial charge in [0.2, 0.25) is 0 Å². The Balaban J connectivity index is 2.00. The van der Waals surface area contributed by atoms with Gasteiger partial charge in [0.1, 0.15) is 18.8 Å². The van der Waals surface area contributed by atoms with Crippen molar-refractivity contribution < 1.29 is 28.8 Å². The Morgan fingerprint density at radius 2 is 1.48 bits per heavy atom. The Labute approximate surface area is 134 Å². The Bertz CT molecular complexity index is 668. The number of rotatable bonds is 8. The van der Waals surface area contributed by atoms with Gasteiger partial charge >= 0.3 is 5.97 Å². The first kappa shape index (κ1) is 16.5. The summed E-state index contributed by atoms with van der Waals surface area (Å²) in [4.78, 5) is 11.2. The normalized spacial score (nSPS) is 10.0. The first-order chi connectivity index (χ1) is 11.2. The van der Waals surface area contributed by atoms with Crippen LogP contribution in [0.3, 0.4) is 0 Å². The second-order valence-corrected chi connectivity index (χ2v) is 4.49. The average molecular weight is 318 g/mol. The SMILES string of the molecule is COc1ccccc1OCCOc1c(OC)cccc1C(=O)O. The Kier molecular flexibility index (Phi) is 5.68. The van der Waals surface area contributed by atoms with Crippen LogP contribution in [0.2, 0.25) is 0 Å². The van der Waals surface area contributed by atoms with Crippen molar-refractivity contribution in [2.45, 2.75) is 0 Å². The molecule has 0 amide bonds. The number of carboxylic acid groups (broad SMARTS) is 1. The number of ether oxygens (including phenoxy) is 4. The van der Waals surface area contributed by atoms with Gasteiger partial charge in [-0.15, -0.1) is 0 Å². The van der Waals surface area contributed by atoms with Crippen molar-refractivity contribution in [3.63, 3.8) is 0 Å². The molecule has 0 aliphatic heterocycles. The van der Waals surface area contributed by atoms with Gasteiger partial charge in [-0.05, 0) is 24.3 Å². The number of methoxy groups -OCH3 is 2. The van der Waals surface area contributed by atoms with Crippen molar-refractivity contribution in [3.05, 3.63) is 48.0 Å². The lowest BCUT2D eigenvalue weighted by atomic mass is 10.2. The molecule has 0 fully saturated rings. The van der Waals surface area contributed by atoms with Crippen molar-refractivity contribution in [1.82, 2.24) is 0 Å². The number of benzene rings is 2. The fourth-order valence-electron chi connectivity index (χ4n) is 2.03. The third-order valence-corrected chi connectivity index (χ3v) is 3.09. The van der Waals surface area contributed by atoms with E-state index in [1.54, 1.807) is 31.4 Å². The van der Waals surface area contributed by atoms with Gasteiger partial charge in [0, 0.05) is 0 Å². The molecule has 2 aromatic carbocycles. The number of para-hydroxylation sites is 3. The van der Waals surface area contributed by atoms with Gasteiger partial charge < -0.3 is 24.1 Å². The van der Waals surface area contributed by atoms with Crippen molar-refractivity contribution >= 4 is 5.97 Å². The maximum absolute atomic E-state index is 11.2. The first-order valence-corrected chi connectivity index (χ1v) is 6.96. The summed E-state index contributed by atoms with van der Waals surface area (Å²) in [5, 5.41) is 9.21. The minimum atomic E-state index is -1.08. The molecule has 23 heavy (non-hydrogen) atoms. The van der Waals surface area contributed by atoms with E-state index in [1.165, 1.54) is 13.2 Å². The predicted octanol–water partition coefficient (Wildman–Crippen LogP) is 2.86. The van der Waals surface area contributed by atoms with Crippen LogP contribution >= 0.6 is 0 Å². The molecule has 2 rings (SSSR count). The number of hydrogen-bond donors (Lipinski definition) is 1. The van der Waals surface area contributed by atoms with Crippen molar-refractivity contribution in [2.75, 3.05) is 27.4 Å². The summed E-state index contributed by atoms with van der Waals surface area (Å²) < 4.78 is 21.5. The molecule has 0 atom stereocenters. The Morgan fingerprint density at radius 1 is 0.870 bits per heavy atom. The molecule has 1 N–H and O–H groups in total. The van der Waals surface area contributed by atoms with Gasteiger partial charge in [-0.2, -0.15) is 0 Å². The molecule has 0 spiro atoms. The van der Waals surface area contributed by atoms with Gasteiger partial charge in [0.25, 0.3) is 0 Å². The number of hydrogen-bond acceptors (Lipinski definition) is 5. The zero-order valence-electron chi connectivity index (χ0n) is 12.9. The van der Waals surface area contributed by atoms with Crippen LogP contribution in [0.5, 0.6) is 23.0 Å². The van der Waals surface area contributed by atoms with Crippen LogP contribution in [-0.4, -0.2) is 38.5 Å². The summed E-state index contributed by atoms with van der Waals surface area (Å²) in [5.74, 6) is 0.686. The molecule has 6 heteroatoms. The van der Waals surface area contributed by atoms with E-state index in [1.807, 2.05) is 12.1 Å². The largest absolute Gasteiger partial charge is 0.493 e. The molecule has 0 aromatic heterocycles. The van der Waals surface area contributed by atoms with Crippen molar-refractivity contribution in [2.24, 2.45) is 0 Å². The third-order valence-electron chi connectivity index (χ3n) is 3.09. The molecule has 6 nitrogen and oxygen atoms in total. The lowest BCUT2D eigenvalue weighted by Crippen LogP contribution is -2.12. The third kappa shape index (κ3) is 4.06. The van der Waals surface area contributed by atoms with Gasteiger partial charge in [-0.1, -0.05) is 18.2 Å². The highest BCUT2D eigenvalue weighted by Gasteiger charge is 2.16. The number of carboxylic acids is 1. The topological polar surface area (TPSA) is 74.2 Å².